The molecule has 2 nitrogen and oxygen atoms in total. The summed E-state index contributed by atoms with van der Waals surface area (Å²) in [5.41, 5.74) is 1.71. The van der Waals surface area contributed by atoms with Gasteiger partial charge in [0.05, 0.1) is 6.10 Å². The van der Waals surface area contributed by atoms with E-state index in [1.807, 2.05) is 13.0 Å². The van der Waals surface area contributed by atoms with Gasteiger partial charge in [0.2, 0.25) is 0 Å². The fraction of sp³-hybridized carbons (Fsp3) is 0.364. The highest BCUT2D eigenvalue weighted by Crippen LogP contribution is 2.27. The summed E-state index contributed by atoms with van der Waals surface area (Å²) in [6.07, 6.45) is 4.28. The second kappa shape index (κ2) is 5.13. The number of aliphatic hydroxyl groups is 1. The van der Waals surface area contributed by atoms with Crippen LogP contribution in [0.5, 0.6) is 0 Å². The average molecular weight is 212 g/mol. The number of halogens is 1. The van der Waals surface area contributed by atoms with E-state index in [0.717, 1.165) is 17.5 Å². The van der Waals surface area contributed by atoms with Gasteiger partial charge in [-0.05, 0) is 31.4 Å². The number of pyridine rings is 1. The Kier molecular flexibility index (Phi) is 4.11. The Morgan fingerprint density at radius 2 is 2.43 bits per heavy atom. The molecule has 1 aromatic rings. The van der Waals surface area contributed by atoms with Crippen LogP contribution in [0.1, 0.15) is 30.1 Å². The molecule has 1 atom stereocenters. The molecule has 3 heteroatoms. The molecule has 0 fully saturated rings. The van der Waals surface area contributed by atoms with Gasteiger partial charge in [-0.3, -0.25) is 0 Å². The van der Waals surface area contributed by atoms with Crippen molar-refractivity contribution in [1.29, 1.82) is 0 Å². The molecule has 0 aromatic carbocycles. The standard InChI is InChI=1S/C11H14ClNO/c1-3-4-5-9(14)10-8(2)6-7-13-11(10)12/h3,6-7,9,14H,1,4-5H2,2H3. The van der Waals surface area contributed by atoms with E-state index in [1.54, 1.807) is 12.3 Å². The lowest BCUT2D eigenvalue weighted by Crippen LogP contribution is -2.01. The van der Waals surface area contributed by atoms with Crippen molar-refractivity contribution in [2.24, 2.45) is 0 Å². The Balaban J connectivity index is 2.87. The predicted octanol–water partition coefficient (Wildman–Crippen LogP) is 3.04. The second-order valence-electron chi connectivity index (χ2n) is 3.21. The molecule has 0 saturated heterocycles. The topological polar surface area (TPSA) is 33.1 Å². The highest BCUT2D eigenvalue weighted by atomic mass is 35.5. The Bertz CT molecular complexity index is 305. The molecule has 0 aliphatic heterocycles. The molecule has 1 heterocycles. The zero-order valence-electron chi connectivity index (χ0n) is 8.20. The molecule has 0 aliphatic carbocycles. The summed E-state index contributed by atoms with van der Waals surface area (Å²) in [4.78, 5) is 3.95. The minimum atomic E-state index is -0.547. The molecular weight excluding hydrogens is 198 g/mol. The third-order valence-electron chi connectivity index (χ3n) is 2.14. The maximum atomic E-state index is 9.84. The van der Waals surface area contributed by atoms with Crippen molar-refractivity contribution in [3.8, 4) is 0 Å². The molecule has 0 amide bonds. The summed E-state index contributed by atoms with van der Waals surface area (Å²) in [6.45, 7) is 5.53. The fourth-order valence-electron chi connectivity index (χ4n) is 1.36. The van der Waals surface area contributed by atoms with E-state index in [9.17, 15) is 5.11 Å². The van der Waals surface area contributed by atoms with E-state index in [1.165, 1.54) is 0 Å². The number of allylic oxidation sites excluding steroid dienone is 1. The molecule has 1 N–H and O–H groups in total. The SMILES string of the molecule is C=CCCC(O)c1c(C)ccnc1Cl. The van der Waals surface area contributed by atoms with Crippen LogP contribution in [0.25, 0.3) is 0 Å². The first-order valence-electron chi connectivity index (χ1n) is 4.56. The van der Waals surface area contributed by atoms with Crippen LogP contribution < -0.4 is 0 Å². The average Bonchev–Trinajstić information content (AvgIpc) is 2.14. The van der Waals surface area contributed by atoms with Crippen LogP contribution in [0.2, 0.25) is 5.15 Å². The van der Waals surface area contributed by atoms with Gasteiger partial charge in [0.25, 0.3) is 0 Å². The minimum absolute atomic E-state index is 0.390. The minimum Gasteiger partial charge on any atom is -0.388 e. The molecule has 0 bridgehead atoms. The molecular formula is C11H14ClNO. The fourth-order valence-corrected chi connectivity index (χ4v) is 1.69. The highest BCUT2D eigenvalue weighted by Gasteiger charge is 2.13. The van der Waals surface area contributed by atoms with Gasteiger partial charge in [-0.25, -0.2) is 4.98 Å². The molecule has 0 saturated carbocycles. The van der Waals surface area contributed by atoms with Gasteiger partial charge in [-0.1, -0.05) is 17.7 Å². The quantitative estimate of drug-likeness (QED) is 0.614. The first-order chi connectivity index (χ1) is 6.66. The summed E-state index contributed by atoms with van der Waals surface area (Å²) in [5, 5.41) is 10.2. The van der Waals surface area contributed by atoms with Crippen LogP contribution in [0.4, 0.5) is 0 Å². The van der Waals surface area contributed by atoms with Crippen molar-refractivity contribution in [2.45, 2.75) is 25.9 Å². The third kappa shape index (κ3) is 2.56. The first-order valence-corrected chi connectivity index (χ1v) is 4.94. The highest BCUT2D eigenvalue weighted by molar-refractivity contribution is 6.30. The van der Waals surface area contributed by atoms with E-state index in [0.29, 0.717) is 11.6 Å². The summed E-state index contributed by atoms with van der Waals surface area (Å²) in [6, 6.07) is 1.85. The van der Waals surface area contributed by atoms with Crippen LogP contribution in [-0.2, 0) is 0 Å². The zero-order chi connectivity index (χ0) is 10.6. The lowest BCUT2D eigenvalue weighted by Gasteiger charge is -2.13. The summed E-state index contributed by atoms with van der Waals surface area (Å²) in [7, 11) is 0. The number of aliphatic hydroxyl groups excluding tert-OH is 1. The second-order valence-corrected chi connectivity index (χ2v) is 3.57. The molecule has 76 valence electrons. The van der Waals surface area contributed by atoms with Gasteiger partial charge in [0, 0.05) is 11.8 Å². The molecule has 1 rings (SSSR count). The Labute approximate surface area is 89.2 Å². The van der Waals surface area contributed by atoms with E-state index in [2.05, 4.69) is 11.6 Å². The summed E-state index contributed by atoms with van der Waals surface area (Å²) >= 11 is 5.91. The molecule has 1 aromatic heterocycles. The molecule has 0 aliphatic rings. The number of hydrogen-bond acceptors (Lipinski definition) is 2. The van der Waals surface area contributed by atoms with Crippen LogP contribution in [0, 0.1) is 6.92 Å². The molecule has 14 heavy (non-hydrogen) atoms. The van der Waals surface area contributed by atoms with E-state index in [4.69, 9.17) is 11.6 Å². The number of aryl methyl sites for hydroxylation is 1. The normalized spacial score (nSPS) is 12.5. The van der Waals surface area contributed by atoms with Crippen LogP contribution in [0.15, 0.2) is 24.9 Å². The van der Waals surface area contributed by atoms with Crippen LogP contribution >= 0.6 is 11.6 Å². The number of aromatic nitrogens is 1. The van der Waals surface area contributed by atoms with Crippen molar-refractivity contribution in [1.82, 2.24) is 4.98 Å². The van der Waals surface area contributed by atoms with E-state index < -0.39 is 6.10 Å². The van der Waals surface area contributed by atoms with Crippen molar-refractivity contribution >= 4 is 11.6 Å². The van der Waals surface area contributed by atoms with Gasteiger partial charge in [-0.15, -0.1) is 6.58 Å². The first kappa shape index (κ1) is 11.2. The van der Waals surface area contributed by atoms with Crippen LogP contribution in [0.3, 0.4) is 0 Å². The van der Waals surface area contributed by atoms with Crippen molar-refractivity contribution in [3.05, 3.63) is 41.2 Å². The Hall–Kier alpha value is -0.860. The molecule has 1 unspecified atom stereocenters. The lowest BCUT2D eigenvalue weighted by molar-refractivity contribution is 0.168. The summed E-state index contributed by atoms with van der Waals surface area (Å²) < 4.78 is 0. The molecule has 0 radical (unpaired) electrons. The van der Waals surface area contributed by atoms with Gasteiger partial charge < -0.3 is 5.11 Å². The van der Waals surface area contributed by atoms with Crippen molar-refractivity contribution < 1.29 is 5.11 Å². The monoisotopic (exact) mass is 211 g/mol. The van der Waals surface area contributed by atoms with E-state index in [-0.39, 0.29) is 0 Å². The number of nitrogens with zero attached hydrogens (tertiary/aromatic N) is 1. The lowest BCUT2D eigenvalue weighted by atomic mass is 10.0. The van der Waals surface area contributed by atoms with Gasteiger partial charge in [-0.2, -0.15) is 0 Å². The predicted molar refractivity (Wildman–Crippen MR) is 58.4 cm³/mol. The summed E-state index contributed by atoms with van der Waals surface area (Å²) in [5.74, 6) is 0. The van der Waals surface area contributed by atoms with Crippen molar-refractivity contribution in [2.75, 3.05) is 0 Å². The van der Waals surface area contributed by atoms with Crippen LogP contribution in [-0.4, -0.2) is 10.1 Å². The van der Waals surface area contributed by atoms with Gasteiger partial charge in [0.15, 0.2) is 0 Å². The van der Waals surface area contributed by atoms with Gasteiger partial charge in [0.1, 0.15) is 5.15 Å². The number of hydrogen-bond donors (Lipinski definition) is 1. The zero-order valence-corrected chi connectivity index (χ0v) is 8.96. The maximum absolute atomic E-state index is 9.84. The van der Waals surface area contributed by atoms with Gasteiger partial charge >= 0.3 is 0 Å². The number of rotatable bonds is 4. The largest absolute Gasteiger partial charge is 0.388 e. The van der Waals surface area contributed by atoms with Crippen molar-refractivity contribution in [3.63, 3.8) is 0 Å². The smallest absolute Gasteiger partial charge is 0.135 e. The molecule has 0 spiro atoms. The van der Waals surface area contributed by atoms with E-state index >= 15 is 0 Å². The Morgan fingerprint density at radius 3 is 3.00 bits per heavy atom. The maximum Gasteiger partial charge on any atom is 0.135 e. The third-order valence-corrected chi connectivity index (χ3v) is 2.44. The Morgan fingerprint density at radius 1 is 1.71 bits per heavy atom.